The maximum atomic E-state index is 13.1. The zero-order valence-corrected chi connectivity index (χ0v) is 16.3. The first-order valence-corrected chi connectivity index (χ1v) is 8.89. The second kappa shape index (κ2) is 9.17. The fourth-order valence-corrected chi connectivity index (χ4v) is 2.57. The molecule has 0 N–H and O–H groups in total. The van der Waals surface area contributed by atoms with E-state index in [1.54, 1.807) is 13.8 Å². The van der Waals surface area contributed by atoms with Crippen molar-refractivity contribution in [3.8, 4) is 23.6 Å². The lowest BCUT2D eigenvalue weighted by Gasteiger charge is -2.23. The summed E-state index contributed by atoms with van der Waals surface area (Å²) >= 11 is 0. The zero-order valence-electron chi connectivity index (χ0n) is 16.3. The number of hydrogen-bond donors (Lipinski definition) is 0. The standard InChI is InChI=1S/C21H16F6N2O2/c1-12(11-30-16-5-3-14(9-28)18(7-16)20(22,23)24)13(2)31-17-6-4-15(10-29)19(8-17)21(25,26)27/h3-8,12-13H,11H2,1-2H3. The van der Waals surface area contributed by atoms with E-state index in [2.05, 4.69) is 0 Å². The molecule has 0 radical (unpaired) electrons. The second-order valence-corrected chi connectivity index (χ2v) is 6.75. The summed E-state index contributed by atoms with van der Waals surface area (Å²) in [5.41, 5.74) is -3.32. The molecule has 0 aliphatic carbocycles. The molecule has 0 aliphatic heterocycles. The predicted octanol–water partition coefficient (Wildman–Crippen LogP) is 5.95. The summed E-state index contributed by atoms with van der Waals surface area (Å²) in [6.07, 6.45) is -10.1. The van der Waals surface area contributed by atoms with Gasteiger partial charge in [-0.3, -0.25) is 0 Å². The first kappa shape index (κ1) is 23.9. The molecule has 0 saturated heterocycles. The van der Waals surface area contributed by atoms with Gasteiger partial charge in [0, 0.05) is 5.92 Å². The largest absolute Gasteiger partial charge is 0.493 e. The van der Waals surface area contributed by atoms with E-state index in [0.717, 1.165) is 18.2 Å². The third-order valence-corrected chi connectivity index (χ3v) is 4.47. The van der Waals surface area contributed by atoms with Crippen molar-refractivity contribution < 1.29 is 35.8 Å². The molecule has 0 bridgehead atoms. The number of ether oxygens (including phenoxy) is 2. The van der Waals surface area contributed by atoms with Crippen LogP contribution in [0.4, 0.5) is 26.3 Å². The van der Waals surface area contributed by atoms with Crippen molar-refractivity contribution in [1.29, 1.82) is 10.5 Å². The highest BCUT2D eigenvalue weighted by Crippen LogP contribution is 2.35. The monoisotopic (exact) mass is 442 g/mol. The smallest absolute Gasteiger partial charge is 0.417 e. The van der Waals surface area contributed by atoms with Crippen molar-refractivity contribution in [3.63, 3.8) is 0 Å². The van der Waals surface area contributed by atoms with Crippen molar-refractivity contribution in [2.24, 2.45) is 5.92 Å². The Bertz CT molecular complexity index is 1020. The molecule has 0 aromatic heterocycles. The van der Waals surface area contributed by atoms with Crippen LogP contribution in [-0.4, -0.2) is 12.7 Å². The summed E-state index contributed by atoms with van der Waals surface area (Å²) in [5.74, 6) is -0.638. The second-order valence-electron chi connectivity index (χ2n) is 6.75. The zero-order chi connectivity index (χ0) is 23.4. The molecule has 2 aromatic rings. The average Bonchev–Trinajstić information content (AvgIpc) is 2.70. The molecule has 0 aliphatic rings. The van der Waals surface area contributed by atoms with Crippen LogP contribution < -0.4 is 9.47 Å². The van der Waals surface area contributed by atoms with E-state index in [1.165, 1.54) is 24.3 Å². The Morgan fingerprint density at radius 3 is 1.71 bits per heavy atom. The van der Waals surface area contributed by atoms with Gasteiger partial charge >= 0.3 is 12.4 Å². The molecule has 0 heterocycles. The van der Waals surface area contributed by atoms with Crippen LogP contribution in [0.25, 0.3) is 0 Å². The molecule has 31 heavy (non-hydrogen) atoms. The van der Waals surface area contributed by atoms with Gasteiger partial charge in [-0.1, -0.05) is 6.92 Å². The van der Waals surface area contributed by atoms with Crippen molar-refractivity contribution in [3.05, 3.63) is 58.7 Å². The van der Waals surface area contributed by atoms with E-state index >= 15 is 0 Å². The molecule has 2 atom stereocenters. The van der Waals surface area contributed by atoms with E-state index in [4.69, 9.17) is 20.0 Å². The van der Waals surface area contributed by atoms with Crippen LogP contribution in [0.3, 0.4) is 0 Å². The minimum absolute atomic E-state index is 0.0905. The number of benzene rings is 2. The number of nitrogens with zero attached hydrogens (tertiary/aromatic N) is 2. The van der Waals surface area contributed by atoms with Gasteiger partial charge in [-0.2, -0.15) is 36.9 Å². The summed E-state index contributed by atoms with van der Waals surface area (Å²) < 4.78 is 89.1. The van der Waals surface area contributed by atoms with Crippen molar-refractivity contribution in [2.45, 2.75) is 32.3 Å². The van der Waals surface area contributed by atoms with E-state index in [9.17, 15) is 26.3 Å². The SMILES string of the molecule is CC(COc1ccc(C#N)c(C(F)(F)F)c1)C(C)Oc1ccc(C#N)c(C(F)(F)F)c1. The molecule has 2 rings (SSSR count). The summed E-state index contributed by atoms with van der Waals surface area (Å²) in [4.78, 5) is 0. The molecule has 2 aromatic carbocycles. The Morgan fingerprint density at radius 1 is 0.806 bits per heavy atom. The van der Waals surface area contributed by atoms with Crippen molar-refractivity contribution >= 4 is 0 Å². The molecular weight excluding hydrogens is 426 g/mol. The van der Waals surface area contributed by atoms with Crippen LogP contribution in [-0.2, 0) is 12.4 Å². The topological polar surface area (TPSA) is 66.0 Å². The van der Waals surface area contributed by atoms with Gasteiger partial charge < -0.3 is 9.47 Å². The fourth-order valence-electron chi connectivity index (χ4n) is 2.57. The molecule has 2 unspecified atom stereocenters. The first-order chi connectivity index (χ1) is 14.4. The van der Waals surface area contributed by atoms with E-state index in [1.807, 2.05) is 0 Å². The molecule has 164 valence electrons. The van der Waals surface area contributed by atoms with Gasteiger partial charge in [0.05, 0.1) is 41.0 Å². The van der Waals surface area contributed by atoms with Gasteiger partial charge in [0.2, 0.25) is 0 Å². The molecular formula is C21H16F6N2O2. The minimum atomic E-state index is -4.73. The van der Waals surface area contributed by atoms with Gasteiger partial charge in [-0.25, -0.2) is 0 Å². The first-order valence-electron chi connectivity index (χ1n) is 8.89. The van der Waals surface area contributed by atoms with Crippen molar-refractivity contribution in [2.75, 3.05) is 6.61 Å². The van der Waals surface area contributed by atoms with E-state index in [0.29, 0.717) is 6.07 Å². The predicted molar refractivity (Wildman–Crippen MR) is 97.1 cm³/mol. The Morgan fingerprint density at radius 2 is 1.26 bits per heavy atom. The fraction of sp³-hybridized carbons (Fsp3) is 0.333. The Labute approximate surface area is 174 Å². The van der Waals surface area contributed by atoms with E-state index < -0.39 is 46.6 Å². The van der Waals surface area contributed by atoms with Gasteiger partial charge in [0.15, 0.2) is 0 Å². The normalized spacial score (nSPS) is 13.6. The van der Waals surface area contributed by atoms with Crippen LogP contribution in [0, 0.1) is 28.6 Å². The minimum Gasteiger partial charge on any atom is -0.493 e. The van der Waals surface area contributed by atoms with E-state index in [-0.39, 0.29) is 18.1 Å². The molecule has 0 spiro atoms. The highest BCUT2D eigenvalue weighted by atomic mass is 19.4. The Hall–Kier alpha value is -3.40. The quantitative estimate of drug-likeness (QED) is 0.519. The number of alkyl halides is 6. The Kier molecular flexibility index (Phi) is 7.06. The van der Waals surface area contributed by atoms with Gasteiger partial charge in [-0.15, -0.1) is 0 Å². The number of hydrogen-bond acceptors (Lipinski definition) is 4. The number of rotatable bonds is 6. The summed E-state index contributed by atoms with van der Waals surface area (Å²) in [5, 5.41) is 17.6. The van der Waals surface area contributed by atoms with Crippen LogP contribution in [0.5, 0.6) is 11.5 Å². The number of nitriles is 2. The van der Waals surface area contributed by atoms with Crippen LogP contribution >= 0.6 is 0 Å². The molecule has 10 heteroatoms. The highest BCUT2D eigenvalue weighted by molar-refractivity contribution is 5.45. The number of halogens is 6. The summed E-state index contributed by atoms with van der Waals surface area (Å²) in [6.45, 7) is 3.12. The lowest BCUT2D eigenvalue weighted by atomic mass is 10.1. The van der Waals surface area contributed by atoms with Crippen LogP contribution in [0.15, 0.2) is 36.4 Å². The lowest BCUT2D eigenvalue weighted by molar-refractivity contribution is -0.138. The summed E-state index contributed by atoms with van der Waals surface area (Å²) in [6, 6.07) is 8.83. The highest BCUT2D eigenvalue weighted by Gasteiger charge is 2.35. The third-order valence-electron chi connectivity index (χ3n) is 4.47. The Balaban J connectivity index is 2.08. The van der Waals surface area contributed by atoms with Crippen LogP contribution in [0.2, 0.25) is 0 Å². The van der Waals surface area contributed by atoms with Gasteiger partial charge in [-0.05, 0) is 43.3 Å². The third kappa shape index (κ3) is 6.05. The van der Waals surface area contributed by atoms with Crippen molar-refractivity contribution in [1.82, 2.24) is 0 Å². The van der Waals surface area contributed by atoms with Gasteiger partial charge in [0.25, 0.3) is 0 Å². The molecule has 0 fully saturated rings. The van der Waals surface area contributed by atoms with Gasteiger partial charge in [0.1, 0.15) is 17.6 Å². The molecule has 0 saturated carbocycles. The average molecular weight is 442 g/mol. The molecule has 0 amide bonds. The maximum absolute atomic E-state index is 13.1. The molecule has 4 nitrogen and oxygen atoms in total. The lowest BCUT2D eigenvalue weighted by Crippen LogP contribution is -2.26. The summed E-state index contributed by atoms with van der Waals surface area (Å²) in [7, 11) is 0. The maximum Gasteiger partial charge on any atom is 0.417 e. The van der Waals surface area contributed by atoms with Crippen LogP contribution in [0.1, 0.15) is 36.1 Å².